The van der Waals surface area contributed by atoms with Crippen LogP contribution in [0.4, 0.5) is 0 Å². The highest BCUT2D eigenvalue weighted by atomic mass is 16.3. The van der Waals surface area contributed by atoms with Crippen LogP contribution in [0.2, 0.25) is 0 Å². The second-order valence-electron chi connectivity index (χ2n) is 4.93. The molecule has 2 atom stereocenters. The zero-order valence-electron chi connectivity index (χ0n) is 10.7. The van der Waals surface area contributed by atoms with Crippen molar-refractivity contribution in [3.05, 3.63) is 35.9 Å². The Balaban J connectivity index is 2.12. The fourth-order valence-electron chi connectivity index (χ4n) is 2.99. The molecule has 1 heterocycles. The van der Waals surface area contributed by atoms with Crippen LogP contribution in [0.3, 0.4) is 0 Å². The van der Waals surface area contributed by atoms with Gasteiger partial charge in [0, 0.05) is 6.04 Å². The third-order valence-electron chi connectivity index (χ3n) is 3.80. The number of aliphatic hydroxyl groups excluding tert-OH is 1. The maximum atomic E-state index is 9.68. The molecular weight excluding hydrogens is 210 g/mol. The Morgan fingerprint density at radius 1 is 1.35 bits per heavy atom. The van der Waals surface area contributed by atoms with Crippen molar-refractivity contribution in [3.8, 4) is 0 Å². The van der Waals surface area contributed by atoms with E-state index in [4.69, 9.17) is 0 Å². The van der Waals surface area contributed by atoms with E-state index in [0.717, 1.165) is 6.54 Å². The Bertz CT molecular complexity index is 325. The third-order valence-corrected chi connectivity index (χ3v) is 3.80. The normalized spacial score (nSPS) is 22.8. The molecule has 1 saturated heterocycles. The first-order valence-electron chi connectivity index (χ1n) is 6.78. The van der Waals surface area contributed by atoms with Gasteiger partial charge in [0.25, 0.3) is 0 Å². The van der Waals surface area contributed by atoms with Crippen LogP contribution < -0.4 is 0 Å². The molecule has 1 aromatic carbocycles. The molecule has 1 N–H and O–H groups in total. The molecule has 0 aliphatic carbocycles. The number of aliphatic hydroxyl groups is 1. The Labute approximate surface area is 104 Å². The summed E-state index contributed by atoms with van der Waals surface area (Å²) in [7, 11) is 0. The zero-order valence-corrected chi connectivity index (χ0v) is 10.7. The monoisotopic (exact) mass is 233 g/mol. The van der Waals surface area contributed by atoms with Crippen LogP contribution in [0.1, 0.15) is 44.2 Å². The summed E-state index contributed by atoms with van der Waals surface area (Å²) in [4.78, 5) is 2.50. The van der Waals surface area contributed by atoms with Gasteiger partial charge in [0.1, 0.15) is 0 Å². The number of rotatable bonds is 5. The summed E-state index contributed by atoms with van der Waals surface area (Å²) in [6.07, 6.45) is 5.04. The smallest absolute Gasteiger partial charge is 0.0628 e. The van der Waals surface area contributed by atoms with E-state index in [1.54, 1.807) is 0 Å². The van der Waals surface area contributed by atoms with Crippen molar-refractivity contribution in [2.75, 3.05) is 13.2 Å². The number of likely N-dealkylation sites (tertiary alicyclic amines) is 1. The van der Waals surface area contributed by atoms with E-state index < -0.39 is 0 Å². The molecular formula is C15H23NO. The highest BCUT2D eigenvalue weighted by Crippen LogP contribution is 2.31. The van der Waals surface area contributed by atoms with Gasteiger partial charge in [-0.3, -0.25) is 4.90 Å². The summed E-state index contributed by atoms with van der Waals surface area (Å²) in [6.45, 7) is 3.60. The van der Waals surface area contributed by atoms with E-state index in [1.807, 2.05) is 6.07 Å². The summed E-state index contributed by atoms with van der Waals surface area (Å²) in [6, 6.07) is 11.3. The third kappa shape index (κ3) is 2.88. The van der Waals surface area contributed by atoms with Gasteiger partial charge < -0.3 is 5.11 Å². The van der Waals surface area contributed by atoms with Crippen molar-refractivity contribution < 1.29 is 5.11 Å². The Morgan fingerprint density at radius 2 is 2.12 bits per heavy atom. The Kier molecular flexibility index (Phi) is 4.57. The van der Waals surface area contributed by atoms with Gasteiger partial charge in [-0.1, -0.05) is 43.7 Å². The van der Waals surface area contributed by atoms with Gasteiger partial charge in [-0.15, -0.1) is 0 Å². The van der Waals surface area contributed by atoms with Gasteiger partial charge in [0.15, 0.2) is 0 Å². The lowest BCUT2D eigenvalue weighted by Gasteiger charge is -2.32. The SMILES string of the molecule is CCC[C@@H]1CCCN1[C@@H](CO)c1ccccc1. The second kappa shape index (κ2) is 6.18. The number of nitrogens with zero attached hydrogens (tertiary/aromatic N) is 1. The predicted molar refractivity (Wildman–Crippen MR) is 70.9 cm³/mol. The maximum Gasteiger partial charge on any atom is 0.0628 e. The van der Waals surface area contributed by atoms with E-state index in [9.17, 15) is 5.11 Å². The first-order valence-corrected chi connectivity index (χ1v) is 6.78. The summed E-state index contributed by atoms with van der Waals surface area (Å²) in [5.74, 6) is 0. The minimum absolute atomic E-state index is 0.190. The van der Waals surface area contributed by atoms with Crippen LogP contribution in [0.15, 0.2) is 30.3 Å². The molecule has 0 radical (unpaired) electrons. The van der Waals surface area contributed by atoms with Crippen LogP contribution in [0, 0.1) is 0 Å². The molecule has 1 aliphatic rings. The van der Waals surface area contributed by atoms with Crippen LogP contribution in [0.5, 0.6) is 0 Å². The summed E-state index contributed by atoms with van der Waals surface area (Å²) in [5, 5.41) is 9.68. The van der Waals surface area contributed by atoms with Crippen LogP contribution in [0.25, 0.3) is 0 Å². The first kappa shape index (κ1) is 12.6. The van der Waals surface area contributed by atoms with E-state index in [2.05, 4.69) is 36.1 Å². The fourth-order valence-corrected chi connectivity index (χ4v) is 2.99. The lowest BCUT2D eigenvalue weighted by atomic mass is 10.0. The van der Waals surface area contributed by atoms with E-state index in [-0.39, 0.29) is 12.6 Å². The average Bonchev–Trinajstić information content (AvgIpc) is 2.81. The molecule has 0 spiro atoms. The molecule has 2 rings (SSSR count). The maximum absolute atomic E-state index is 9.68. The van der Waals surface area contributed by atoms with E-state index in [1.165, 1.54) is 31.2 Å². The molecule has 0 aromatic heterocycles. The van der Waals surface area contributed by atoms with E-state index in [0.29, 0.717) is 6.04 Å². The van der Waals surface area contributed by atoms with Crippen molar-refractivity contribution in [1.82, 2.24) is 4.90 Å². The highest BCUT2D eigenvalue weighted by molar-refractivity contribution is 5.19. The largest absolute Gasteiger partial charge is 0.394 e. The topological polar surface area (TPSA) is 23.5 Å². The van der Waals surface area contributed by atoms with Crippen molar-refractivity contribution in [1.29, 1.82) is 0 Å². The molecule has 1 aromatic rings. The number of hydrogen-bond donors (Lipinski definition) is 1. The number of benzene rings is 1. The van der Waals surface area contributed by atoms with Gasteiger partial charge in [0.2, 0.25) is 0 Å². The molecule has 0 unspecified atom stereocenters. The van der Waals surface area contributed by atoms with Crippen molar-refractivity contribution in [2.24, 2.45) is 0 Å². The van der Waals surface area contributed by atoms with Crippen molar-refractivity contribution in [3.63, 3.8) is 0 Å². The summed E-state index contributed by atoms with van der Waals surface area (Å²) < 4.78 is 0. The molecule has 17 heavy (non-hydrogen) atoms. The molecule has 2 nitrogen and oxygen atoms in total. The second-order valence-corrected chi connectivity index (χ2v) is 4.93. The van der Waals surface area contributed by atoms with E-state index >= 15 is 0 Å². The molecule has 2 heteroatoms. The standard InChI is InChI=1S/C15H23NO/c1-2-7-14-10-6-11-16(14)15(12-17)13-8-4-3-5-9-13/h3-5,8-9,14-15,17H,2,6-7,10-12H2,1H3/t14-,15+/m1/s1. The zero-order chi connectivity index (χ0) is 12.1. The summed E-state index contributed by atoms with van der Waals surface area (Å²) >= 11 is 0. The van der Waals surface area contributed by atoms with Gasteiger partial charge in [-0.2, -0.15) is 0 Å². The predicted octanol–water partition coefficient (Wildman–Crippen LogP) is 2.98. The molecule has 1 aliphatic heterocycles. The molecule has 0 saturated carbocycles. The lowest BCUT2D eigenvalue weighted by molar-refractivity contribution is 0.108. The van der Waals surface area contributed by atoms with Crippen LogP contribution in [-0.2, 0) is 0 Å². The minimum Gasteiger partial charge on any atom is -0.394 e. The molecule has 1 fully saturated rings. The Hall–Kier alpha value is -0.860. The quantitative estimate of drug-likeness (QED) is 0.845. The van der Waals surface area contributed by atoms with Gasteiger partial charge in [-0.25, -0.2) is 0 Å². The van der Waals surface area contributed by atoms with Crippen LogP contribution >= 0.6 is 0 Å². The van der Waals surface area contributed by atoms with Gasteiger partial charge in [0.05, 0.1) is 12.6 Å². The fraction of sp³-hybridized carbons (Fsp3) is 0.600. The van der Waals surface area contributed by atoms with Gasteiger partial charge >= 0.3 is 0 Å². The molecule has 94 valence electrons. The lowest BCUT2D eigenvalue weighted by Crippen LogP contribution is -2.35. The number of hydrogen-bond acceptors (Lipinski definition) is 2. The summed E-state index contributed by atoms with van der Waals surface area (Å²) in [5.41, 5.74) is 1.25. The van der Waals surface area contributed by atoms with Crippen molar-refractivity contribution in [2.45, 2.75) is 44.7 Å². The van der Waals surface area contributed by atoms with Crippen LogP contribution in [-0.4, -0.2) is 29.2 Å². The highest BCUT2D eigenvalue weighted by Gasteiger charge is 2.30. The Morgan fingerprint density at radius 3 is 2.76 bits per heavy atom. The van der Waals surface area contributed by atoms with Gasteiger partial charge in [-0.05, 0) is 31.4 Å². The minimum atomic E-state index is 0.190. The average molecular weight is 233 g/mol. The first-order chi connectivity index (χ1) is 8.36. The molecule has 0 bridgehead atoms. The van der Waals surface area contributed by atoms with Crippen molar-refractivity contribution >= 4 is 0 Å². The molecule has 0 amide bonds.